The average Bonchev–Trinajstić information content (AvgIpc) is 2.19. The van der Waals surface area contributed by atoms with Crippen LogP contribution in [0.3, 0.4) is 0 Å². The Bertz CT molecular complexity index is 241. The van der Waals surface area contributed by atoms with Crippen LogP contribution in [0, 0.1) is 23.2 Å². The van der Waals surface area contributed by atoms with E-state index < -0.39 is 0 Å². The molecule has 2 nitrogen and oxygen atoms in total. The van der Waals surface area contributed by atoms with Gasteiger partial charge in [0.25, 0.3) is 0 Å². The molecule has 2 saturated carbocycles. The molecule has 6 atom stereocenters. The van der Waals surface area contributed by atoms with Crippen molar-refractivity contribution in [2.24, 2.45) is 23.2 Å². The molecule has 2 aliphatic rings. The first kappa shape index (κ1) is 11.4. The average molecular weight is 212 g/mol. The molecule has 2 heteroatoms. The zero-order valence-electron chi connectivity index (χ0n) is 10.1. The Hall–Kier alpha value is -0.0800. The molecule has 0 spiro atoms. The van der Waals surface area contributed by atoms with Crippen molar-refractivity contribution >= 4 is 0 Å². The minimum absolute atomic E-state index is 0.129. The highest BCUT2D eigenvalue weighted by Gasteiger charge is 2.50. The van der Waals surface area contributed by atoms with E-state index in [0.717, 1.165) is 25.7 Å². The zero-order chi connectivity index (χ0) is 11.2. The van der Waals surface area contributed by atoms with Gasteiger partial charge in [-0.1, -0.05) is 20.8 Å². The third-order valence-corrected chi connectivity index (χ3v) is 5.47. The van der Waals surface area contributed by atoms with Crippen molar-refractivity contribution in [3.8, 4) is 0 Å². The van der Waals surface area contributed by atoms with Gasteiger partial charge in [-0.3, -0.25) is 0 Å². The van der Waals surface area contributed by atoms with E-state index in [1.54, 1.807) is 0 Å². The van der Waals surface area contributed by atoms with E-state index >= 15 is 0 Å². The highest BCUT2D eigenvalue weighted by molar-refractivity contribution is 4.99. The van der Waals surface area contributed by atoms with Crippen molar-refractivity contribution in [1.82, 2.24) is 0 Å². The summed E-state index contributed by atoms with van der Waals surface area (Å²) in [6.45, 7) is 6.80. The highest BCUT2D eigenvalue weighted by Crippen LogP contribution is 2.54. The van der Waals surface area contributed by atoms with Gasteiger partial charge < -0.3 is 10.2 Å². The van der Waals surface area contributed by atoms with Crippen LogP contribution in [-0.4, -0.2) is 22.4 Å². The molecule has 2 N–H and O–H groups in total. The number of rotatable bonds is 0. The van der Waals surface area contributed by atoms with E-state index in [4.69, 9.17) is 0 Å². The van der Waals surface area contributed by atoms with E-state index in [-0.39, 0.29) is 12.2 Å². The lowest BCUT2D eigenvalue weighted by atomic mass is 9.52. The molecule has 0 aromatic carbocycles. The second-order valence-electron chi connectivity index (χ2n) is 6.08. The zero-order valence-corrected chi connectivity index (χ0v) is 10.1. The molecule has 0 aromatic heterocycles. The van der Waals surface area contributed by atoms with Crippen LogP contribution >= 0.6 is 0 Å². The molecule has 0 amide bonds. The van der Waals surface area contributed by atoms with E-state index in [1.165, 1.54) is 0 Å². The van der Waals surface area contributed by atoms with Crippen LogP contribution in [0.1, 0.15) is 46.5 Å². The lowest BCUT2D eigenvalue weighted by Crippen LogP contribution is -2.50. The summed E-state index contributed by atoms with van der Waals surface area (Å²) in [5.41, 5.74) is 0.345. The van der Waals surface area contributed by atoms with Gasteiger partial charge in [0.2, 0.25) is 0 Å². The summed E-state index contributed by atoms with van der Waals surface area (Å²) in [7, 11) is 0. The van der Waals surface area contributed by atoms with Crippen molar-refractivity contribution in [2.45, 2.75) is 58.7 Å². The quantitative estimate of drug-likeness (QED) is 0.646. The summed E-state index contributed by atoms with van der Waals surface area (Å²) in [5.74, 6) is 1.49. The topological polar surface area (TPSA) is 40.5 Å². The number of aliphatic hydroxyl groups is 2. The molecular formula is C13H24O2. The Morgan fingerprint density at radius 2 is 1.80 bits per heavy atom. The second kappa shape index (κ2) is 3.74. The van der Waals surface area contributed by atoms with Crippen LogP contribution in [-0.2, 0) is 0 Å². The molecular weight excluding hydrogens is 188 g/mol. The Labute approximate surface area is 92.7 Å². The molecule has 0 heterocycles. The van der Waals surface area contributed by atoms with Crippen LogP contribution in [0.2, 0.25) is 0 Å². The third-order valence-electron chi connectivity index (χ3n) is 5.47. The van der Waals surface area contributed by atoms with Gasteiger partial charge in [-0.2, -0.15) is 0 Å². The van der Waals surface area contributed by atoms with E-state index in [9.17, 15) is 10.2 Å². The van der Waals surface area contributed by atoms with Crippen molar-refractivity contribution in [2.75, 3.05) is 0 Å². The van der Waals surface area contributed by atoms with Crippen LogP contribution in [0.4, 0.5) is 0 Å². The second-order valence-corrected chi connectivity index (χ2v) is 6.08. The maximum atomic E-state index is 10.0. The molecule has 15 heavy (non-hydrogen) atoms. The molecule has 2 aliphatic carbocycles. The molecule has 88 valence electrons. The Balaban J connectivity index is 2.20. The first-order valence-electron chi connectivity index (χ1n) is 6.31. The highest BCUT2D eigenvalue weighted by atomic mass is 16.3. The van der Waals surface area contributed by atoms with E-state index in [0.29, 0.717) is 23.2 Å². The third kappa shape index (κ3) is 1.72. The largest absolute Gasteiger partial charge is 0.393 e. The number of hydrogen-bond donors (Lipinski definition) is 2. The monoisotopic (exact) mass is 212 g/mol. The Morgan fingerprint density at radius 3 is 2.47 bits per heavy atom. The van der Waals surface area contributed by atoms with Gasteiger partial charge in [-0.25, -0.2) is 0 Å². The molecule has 2 fully saturated rings. The fourth-order valence-electron chi connectivity index (χ4n) is 3.80. The van der Waals surface area contributed by atoms with Crippen molar-refractivity contribution in [3.63, 3.8) is 0 Å². The van der Waals surface area contributed by atoms with Gasteiger partial charge in [0.15, 0.2) is 0 Å². The van der Waals surface area contributed by atoms with Gasteiger partial charge in [-0.05, 0) is 48.9 Å². The lowest BCUT2D eigenvalue weighted by Gasteiger charge is -2.54. The van der Waals surface area contributed by atoms with Crippen molar-refractivity contribution in [1.29, 1.82) is 0 Å². The fourth-order valence-corrected chi connectivity index (χ4v) is 3.80. The van der Waals surface area contributed by atoms with Crippen molar-refractivity contribution in [3.05, 3.63) is 0 Å². The van der Waals surface area contributed by atoms with Gasteiger partial charge in [0.1, 0.15) is 0 Å². The van der Waals surface area contributed by atoms with E-state index in [1.807, 2.05) is 0 Å². The predicted octanol–water partition coefficient (Wildman–Crippen LogP) is 2.19. The van der Waals surface area contributed by atoms with Crippen LogP contribution in [0.15, 0.2) is 0 Å². The van der Waals surface area contributed by atoms with Crippen molar-refractivity contribution < 1.29 is 10.2 Å². The van der Waals surface area contributed by atoms with Gasteiger partial charge in [0, 0.05) is 0 Å². The molecule has 0 saturated heterocycles. The summed E-state index contributed by atoms with van der Waals surface area (Å²) in [5, 5.41) is 19.7. The standard InChI is InChI=1S/C13H24O2/c1-8-9(2)13(3)5-4-11(14)6-10(13)7-12(8)15/h8-12,14-15H,4-7H2,1-3H3/t8?,9-,10-,11+,12-,13+/m0/s1. The van der Waals surface area contributed by atoms with Crippen LogP contribution < -0.4 is 0 Å². The molecule has 0 bridgehead atoms. The lowest BCUT2D eigenvalue weighted by molar-refractivity contribution is -0.109. The molecule has 0 radical (unpaired) electrons. The van der Waals surface area contributed by atoms with Gasteiger partial charge >= 0.3 is 0 Å². The first-order chi connectivity index (χ1) is 6.95. The fraction of sp³-hybridized carbons (Fsp3) is 1.00. The summed E-state index contributed by atoms with van der Waals surface area (Å²) < 4.78 is 0. The summed E-state index contributed by atoms with van der Waals surface area (Å²) >= 11 is 0. The Morgan fingerprint density at radius 1 is 1.13 bits per heavy atom. The minimum atomic E-state index is -0.164. The van der Waals surface area contributed by atoms with Gasteiger partial charge in [-0.15, -0.1) is 0 Å². The molecule has 0 aliphatic heterocycles. The van der Waals surface area contributed by atoms with E-state index in [2.05, 4.69) is 20.8 Å². The number of fused-ring (bicyclic) bond motifs is 1. The maximum absolute atomic E-state index is 10.0. The first-order valence-corrected chi connectivity index (χ1v) is 6.31. The van der Waals surface area contributed by atoms with Gasteiger partial charge in [0.05, 0.1) is 12.2 Å². The SMILES string of the molecule is CC1[C@@H](O)C[C@@H]2C[C@H](O)CC[C@]2(C)[C@H]1C. The Kier molecular flexibility index (Phi) is 2.85. The summed E-state index contributed by atoms with van der Waals surface area (Å²) in [6, 6.07) is 0. The molecule has 2 rings (SSSR count). The number of aliphatic hydroxyl groups excluding tert-OH is 2. The minimum Gasteiger partial charge on any atom is -0.393 e. The summed E-state index contributed by atoms with van der Waals surface area (Å²) in [6.07, 6.45) is 3.56. The molecule has 0 aromatic rings. The number of hydrogen-bond acceptors (Lipinski definition) is 2. The smallest absolute Gasteiger partial charge is 0.0571 e. The van der Waals surface area contributed by atoms with Crippen LogP contribution in [0.5, 0.6) is 0 Å². The predicted molar refractivity (Wildman–Crippen MR) is 60.4 cm³/mol. The maximum Gasteiger partial charge on any atom is 0.0571 e. The molecule has 1 unspecified atom stereocenters. The normalized spacial score (nSPS) is 56.2. The van der Waals surface area contributed by atoms with Crippen LogP contribution in [0.25, 0.3) is 0 Å². The summed E-state index contributed by atoms with van der Waals surface area (Å²) in [4.78, 5) is 0.